The number of ether oxygens (including phenoxy) is 1. The molecule has 0 saturated heterocycles. The minimum Gasteiger partial charge on any atom is -0.468 e. The van der Waals surface area contributed by atoms with Crippen LogP contribution in [0.5, 0.6) is 0 Å². The molecule has 172 valence electrons. The first kappa shape index (κ1) is 22.8. The molecule has 0 spiro atoms. The highest BCUT2D eigenvalue weighted by Gasteiger charge is 2.41. The molecular weight excluding hydrogens is 446 g/mol. The second kappa shape index (κ2) is 9.25. The zero-order chi connectivity index (χ0) is 23.6. The Kier molecular flexibility index (Phi) is 6.40. The van der Waals surface area contributed by atoms with Crippen LogP contribution in [0.1, 0.15) is 34.5 Å². The van der Waals surface area contributed by atoms with Gasteiger partial charge in [0.25, 0.3) is 5.91 Å². The molecule has 1 aromatic heterocycles. The van der Waals surface area contributed by atoms with Crippen LogP contribution in [0.15, 0.2) is 48.5 Å². The summed E-state index contributed by atoms with van der Waals surface area (Å²) in [5.41, 5.74) is 1.16. The van der Waals surface area contributed by atoms with Crippen LogP contribution in [0.25, 0.3) is 10.9 Å². The van der Waals surface area contributed by atoms with Gasteiger partial charge in [0.15, 0.2) is 0 Å². The number of hydrogen-bond donors (Lipinski definition) is 4. The van der Waals surface area contributed by atoms with Crippen molar-refractivity contribution >= 4 is 40.3 Å². The van der Waals surface area contributed by atoms with Crippen molar-refractivity contribution in [1.29, 1.82) is 0 Å². The van der Waals surface area contributed by atoms with Crippen molar-refractivity contribution in [2.24, 2.45) is 0 Å². The number of aromatic amines is 1. The number of esters is 1. The highest BCUT2D eigenvalue weighted by Crippen LogP contribution is 2.38. The van der Waals surface area contributed by atoms with Gasteiger partial charge in [-0.2, -0.15) is 0 Å². The van der Waals surface area contributed by atoms with E-state index in [0.29, 0.717) is 22.7 Å². The standard InChI is InChI=1S/C24H24ClN3O5/c1-33-22(30)13-26-21(29)12-24(32)11-17(9-14-4-2-3-5-18(14)24)27-23(31)20-10-15-8-16(25)6-7-19(15)28-20/h2-8,10,17,28,32H,9,11-13H2,1H3,(H,26,29)(H,27,31)/t17?,24-/m0/s1. The molecule has 4 N–H and O–H groups in total. The molecule has 3 aromatic rings. The van der Waals surface area contributed by atoms with Crippen LogP contribution < -0.4 is 10.6 Å². The third-order valence-corrected chi connectivity index (χ3v) is 6.08. The molecule has 0 saturated carbocycles. The number of nitrogens with one attached hydrogen (secondary N) is 3. The Hall–Kier alpha value is -3.36. The topological polar surface area (TPSA) is 121 Å². The van der Waals surface area contributed by atoms with Crippen LogP contribution in [0.3, 0.4) is 0 Å². The highest BCUT2D eigenvalue weighted by atomic mass is 35.5. The lowest BCUT2D eigenvalue weighted by Crippen LogP contribution is -2.48. The molecule has 8 nitrogen and oxygen atoms in total. The van der Waals surface area contributed by atoms with Gasteiger partial charge in [-0.3, -0.25) is 14.4 Å². The van der Waals surface area contributed by atoms with E-state index >= 15 is 0 Å². The Morgan fingerprint density at radius 2 is 2.00 bits per heavy atom. The Morgan fingerprint density at radius 3 is 2.79 bits per heavy atom. The first-order valence-corrected chi connectivity index (χ1v) is 10.9. The number of benzene rings is 2. The van der Waals surface area contributed by atoms with Crippen LogP contribution >= 0.6 is 11.6 Å². The largest absolute Gasteiger partial charge is 0.468 e. The number of halogens is 1. The summed E-state index contributed by atoms with van der Waals surface area (Å²) in [4.78, 5) is 39.8. The fraction of sp³-hybridized carbons (Fsp3) is 0.292. The summed E-state index contributed by atoms with van der Waals surface area (Å²) >= 11 is 6.03. The summed E-state index contributed by atoms with van der Waals surface area (Å²) in [6.07, 6.45) is 0.409. The fourth-order valence-corrected chi connectivity index (χ4v) is 4.52. The highest BCUT2D eigenvalue weighted by molar-refractivity contribution is 6.31. The predicted octanol–water partition coefficient (Wildman–Crippen LogP) is 2.43. The van der Waals surface area contributed by atoms with Crippen molar-refractivity contribution in [3.8, 4) is 0 Å². The van der Waals surface area contributed by atoms with Gasteiger partial charge in [0.05, 0.1) is 13.5 Å². The molecule has 0 aliphatic heterocycles. The first-order chi connectivity index (χ1) is 15.8. The van der Waals surface area contributed by atoms with Crippen LogP contribution in [-0.2, 0) is 26.3 Å². The second-order valence-corrected chi connectivity index (χ2v) is 8.65. The molecule has 1 aliphatic carbocycles. The van der Waals surface area contributed by atoms with E-state index in [2.05, 4.69) is 20.4 Å². The normalized spacial score (nSPS) is 19.5. The number of fused-ring (bicyclic) bond motifs is 2. The zero-order valence-corrected chi connectivity index (χ0v) is 18.7. The third kappa shape index (κ3) is 5.02. The van der Waals surface area contributed by atoms with Crippen molar-refractivity contribution in [2.45, 2.75) is 30.9 Å². The summed E-state index contributed by atoms with van der Waals surface area (Å²) in [6, 6.07) is 13.9. The van der Waals surface area contributed by atoms with Gasteiger partial charge >= 0.3 is 5.97 Å². The number of rotatable bonds is 6. The van der Waals surface area contributed by atoms with Gasteiger partial charge in [-0.1, -0.05) is 35.9 Å². The molecule has 4 rings (SSSR count). The average molecular weight is 470 g/mol. The van der Waals surface area contributed by atoms with Crippen LogP contribution in [0.4, 0.5) is 0 Å². The molecule has 1 aliphatic rings. The molecule has 0 radical (unpaired) electrons. The number of aromatic nitrogens is 1. The fourth-order valence-electron chi connectivity index (χ4n) is 4.34. The molecule has 9 heteroatoms. The van der Waals surface area contributed by atoms with Crippen molar-refractivity contribution in [3.05, 3.63) is 70.4 Å². The minimum absolute atomic E-state index is 0.146. The van der Waals surface area contributed by atoms with Crippen LogP contribution in [-0.4, -0.2) is 47.6 Å². The second-order valence-electron chi connectivity index (χ2n) is 8.21. The van der Waals surface area contributed by atoms with Crippen molar-refractivity contribution in [2.75, 3.05) is 13.7 Å². The maximum Gasteiger partial charge on any atom is 0.325 e. The van der Waals surface area contributed by atoms with Crippen molar-refractivity contribution < 1.29 is 24.2 Å². The molecule has 2 aromatic carbocycles. The zero-order valence-electron chi connectivity index (χ0n) is 18.0. The van der Waals surface area contributed by atoms with Gasteiger partial charge in [-0.15, -0.1) is 0 Å². The smallest absolute Gasteiger partial charge is 0.325 e. The summed E-state index contributed by atoms with van der Waals surface area (Å²) in [5.74, 6) is -1.38. The lowest BCUT2D eigenvalue weighted by Gasteiger charge is -2.38. The monoisotopic (exact) mass is 469 g/mol. The van der Waals surface area contributed by atoms with Gasteiger partial charge in [0.2, 0.25) is 5.91 Å². The summed E-state index contributed by atoms with van der Waals surface area (Å²) in [6.45, 7) is -0.280. The first-order valence-electron chi connectivity index (χ1n) is 10.5. The van der Waals surface area contributed by atoms with E-state index < -0.39 is 23.5 Å². The number of aliphatic hydroxyl groups is 1. The van der Waals surface area contributed by atoms with E-state index in [0.717, 1.165) is 16.5 Å². The Bertz CT molecular complexity index is 1220. The SMILES string of the molecule is COC(=O)CNC(=O)C[C@@]1(O)CC(NC(=O)c2cc3cc(Cl)ccc3[nH]2)Cc2ccccc21. The molecule has 1 heterocycles. The van der Waals surface area contributed by atoms with Gasteiger partial charge in [-0.05, 0) is 41.8 Å². The van der Waals surface area contributed by atoms with E-state index in [1.54, 1.807) is 36.4 Å². The summed E-state index contributed by atoms with van der Waals surface area (Å²) in [7, 11) is 1.23. The van der Waals surface area contributed by atoms with Gasteiger partial charge < -0.3 is 25.5 Å². The number of carbonyl (C=O) groups excluding carboxylic acids is 3. The van der Waals surface area contributed by atoms with Gasteiger partial charge in [-0.25, -0.2) is 0 Å². The van der Waals surface area contributed by atoms with Crippen LogP contribution in [0.2, 0.25) is 5.02 Å². The molecular formula is C24H24ClN3O5. The lowest BCUT2D eigenvalue weighted by molar-refractivity contribution is -0.142. The summed E-state index contributed by atoms with van der Waals surface area (Å²) in [5, 5.41) is 18.3. The van der Waals surface area contributed by atoms with Gasteiger partial charge in [0.1, 0.15) is 17.8 Å². The van der Waals surface area contributed by atoms with E-state index in [1.165, 1.54) is 7.11 Å². The van der Waals surface area contributed by atoms with E-state index in [1.807, 2.05) is 12.1 Å². The van der Waals surface area contributed by atoms with Crippen molar-refractivity contribution in [3.63, 3.8) is 0 Å². The number of methoxy groups -OCH3 is 1. The maximum absolute atomic E-state index is 12.9. The van der Waals surface area contributed by atoms with E-state index in [9.17, 15) is 19.5 Å². The third-order valence-electron chi connectivity index (χ3n) is 5.84. The molecule has 0 fully saturated rings. The number of H-pyrrole nitrogens is 1. The van der Waals surface area contributed by atoms with Crippen LogP contribution in [0, 0.1) is 0 Å². The van der Waals surface area contributed by atoms with Gasteiger partial charge in [0, 0.05) is 28.4 Å². The van der Waals surface area contributed by atoms with E-state index in [-0.39, 0.29) is 25.3 Å². The minimum atomic E-state index is -1.50. The number of carbonyl (C=O) groups is 3. The summed E-state index contributed by atoms with van der Waals surface area (Å²) < 4.78 is 4.53. The van der Waals surface area contributed by atoms with Crippen molar-refractivity contribution in [1.82, 2.24) is 15.6 Å². The average Bonchev–Trinajstić information content (AvgIpc) is 3.20. The van der Waals surface area contributed by atoms with E-state index in [4.69, 9.17) is 11.6 Å². The molecule has 1 unspecified atom stereocenters. The Balaban J connectivity index is 1.51. The Labute approximate surface area is 195 Å². The molecule has 2 amide bonds. The molecule has 33 heavy (non-hydrogen) atoms. The maximum atomic E-state index is 12.9. The Morgan fingerprint density at radius 1 is 1.21 bits per heavy atom. The quantitative estimate of drug-likeness (QED) is 0.413. The lowest BCUT2D eigenvalue weighted by atomic mass is 9.74. The predicted molar refractivity (Wildman–Crippen MR) is 123 cm³/mol. The number of amides is 2. The molecule has 0 bridgehead atoms. The molecule has 2 atom stereocenters. The number of hydrogen-bond acceptors (Lipinski definition) is 5.